The smallest absolute Gasteiger partial charge is 0.318 e. The Morgan fingerprint density at radius 1 is 1.27 bits per heavy atom. The highest BCUT2D eigenvalue weighted by Gasteiger charge is 2.43. The van der Waals surface area contributed by atoms with E-state index < -0.39 is 37.1 Å². The number of carboxylic acid groups (broad SMARTS) is 1. The number of sulfonamides is 1. The van der Waals surface area contributed by atoms with Crippen molar-refractivity contribution >= 4 is 56.5 Å². The third-order valence-corrected chi connectivity index (χ3v) is 5.73. The monoisotopic (exact) mass is 390 g/mol. The normalized spacial score (nSPS) is 12.4. The quantitative estimate of drug-likeness (QED) is 0.451. The van der Waals surface area contributed by atoms with Gasteiger partial charge in [0.05, 0.1) is 4.92 Å². The summed E-state index contributed by atoms with van der Waals surface area (Å²) < 4.78 is 21.8. The molecule has 0 heterocycles. The molecular formula is C10H9Cl3N2O6S. The van der Waals surface area contributed by atoms with Gasteiger partial charge < -0.3 is 5.11 Å². The van der Waals surface area contributed by atoms with Crippen LogP contribution in [0.3, 0.4) is 0 Å². The van der Waals surface area contributed by atoms with Gasteiger partial charge >= 0.3 is 9.09 Å². The van der Waals surface area contributed by atoms with Crippen molar-refractivity contribution in [3.8, 4) is 0 Å². The molecule has 1 aromatic carbocycles. The molecular weight excluding hydrogens is 383 g/mol. The second-order valence-corrected chi connectivity index (χ2v) is 9.07. The van der Waals surface area contributed by atoms with Crippen molar-refractivity contribution in [2.75, 3.05) is 6.54 Å². The van der Waals surface area contributed by atoms with Gasteiger partial charge in [-0.25, -0.2) is 8.42 Å². The lowest BCUT2D eigenvalue weighted by atomic mass is 10.2. The predicted molar refractivity (Wildman–Crippen MR) is 80.4 cm³/mol. The number of non-ortho nitro benzene ring substituents is 1. The highest BCUT2D eigenvalue weighted by Crippen LogP contribution is 2.35. The summed E-state index contributed by atoms with van der Waals surface area (Å²) in [6.07, 6.45) is 0. The number of carboxylic acids is 1. The van der Waals surface area contributed by atoms with Gasteiger partial charge in [0, 0.05) is 18.7 Å². The topological polar surface area (TPSA) is 118 Å². The van der Waals surface area contributed by atoms with Crippen LogP contribution in [0.2, 0.25) is 0 Å². The van der Waals surface area contributed by atoms with Gasteiger partial charge in [0.1, 0.15) is 6.54 Å². The number of halogens is 3. The van der Waals surface area contributed by atoms with Gasteiger partial charge in [0.15, 0.2) is 0 Å². The zero-order chi connectivity index (χ0) is 17.1. The molecule has 0 fully saturated rings. The fraction of sp³-hybridized carbons (Fsp3) is 0.300. The average Bonchev–Trinajstić information content (AvgIpc) is 2.36. The predicted octanol–water partition coefficient (Wildman–Crippen LogP) is 2.14. The van der Waals surface area contributed by atoms with E-state index in [1.165, 1.54) is 12.1 Å². The van der Waals surface area contributed by atoms with Crippen molar-refractivity contribution in [1.82, 2.24) is 4.31 Å². The number of rotatable bonds is 6. The van der Waals surface area contributed by atoms with E-state index in [-0.39, 0.29) is 5.69 Å². The summed E-state index contributed by atoms with van der Waals surface area (Å²) in [5.74, 6) is -1.44. The van der Waals surface area contributed by atoms with Gasteiger partial charge in [0.2, 0.25) is 0 Å². The van der Waals surface area contributed by atoms with E-state index >= 15 is 0 Å². The number of nitro benzene ring substituents is 1. The lowest BCUT2D eigenvalue weighted by molar-refractivity contribution is -0.384. The van der Waals surface area contributed by atoms with Crippen LogP contribution in [0.1, 0.15) is 5.56 Å². The van der Waals surface area contributed by atoms with Crippen LogP contribution in [0.5, 0.6) is 0 Å². The third kappa shape index (κ3) is 4.68. The van der Waals surface area contributed by atoms with Gasteiger partial charge in [-0.2, -0.15) is 4.31 Å². The van der Waals surface area contributed by atoms with Crippen molar-refractivity contribution in [2.45, 2.75) is 9.67 Å². The molecule has 1 rings (SSSR count). The molecule has 0 bridgehead atoms. The summed E-state index contributed by atoms with van der Waals surface area (Å²) in [7, 11) is -4.54. The summed E-state index contributed by atoms with van der Waals surface area (Å²) >= 11 is 16.1. The number of hydrogen-bond acceptors (Lipinski definition) is 5. The number of benzene rings is 1. The summed E-state index contributed by atoms with van der Waals surface area (Å²) in [6.45, 7) is -1.34. The molecule has 0 amide bonds. The molecule has 1 aromatic rings. The van der Waals surface area contributed by atoms with Gasteiger partial charge in [-0.05, 0) is 5.56 Å². The van der Waals surface area contributed by atoms with Crippen LogP contribution in [-0.2, 0) is 21.4 Å². The zero-order valence-corrected chi connectivity index (χ0v) is 13.7. The van der Waals surface area contributed by atoms with E-state index in [0.29, 0.717) is 9.87 Å². The van der Waals surface area contributed by atoms with Crippen LogP contribution in [0.15, 0.2) is 24.3 Å². The minimum absolute atomic E-state index is 0.197. The van der Waals surface area contributed by atoms with E-state index in [0.717, 1.165) is 12.1 Å². The number of nitrogens with zero attached hydrogens (tertiary/aromatic N) is 2. The molecule has 0 saturated carbocycles. The molecule has 22 heavy (non-hydrogen) atoms. The lowest BCUT2D eigenvalue weighted by Crippen LogP contribution is -2.41. The Kier molecular flexibility index (Phi) is 5.99. The SMILES string of the molecule is O=C(O)CN(Cc1ccc([N+](=O)[O-])cc1)S(=O)(=O)C(Cl)(Cl)Cl. The van der Waals surface area contributed by atoms with Gasteiger partial charge in [0.25, 0.3) is 15.7 Å². The van der Waals surface area contributed by atoms with Crippen LogP contribution >= 0.6 is 34.8 Å². The molecule has 12 heteroatoms. The molecule has 1 N–H and O–H groups in total. The zero-order valence-electron chi connectivity index (χ0n) is 10.6. The van der Waals surface area contributed by atoms with Crippen LogP contribution in [0, 0.1) is 10.1 Å². The van der Waals surface area contributed by atoms with Crippen LogP contribution in [0.4, 0.5) is 5.69 Å². The highest BCUT2D eigenvalue weighted by atomic mass is 35.6. The molecule has 0 aliphatic rings. The average molecular weight is 392 g/mol. The minimum atomic E-state index is -4.54. The Morgan fingerprint density at radius 3 is 2.14 bits per heavy atom. The number of carbonyl (C=O) groups is 1. The van der Waals surface area contributed by atoms with Gasteiger partial charge in [-0.3, -0.25) is 14.9 Å². The van der Waals surface area contributed by atoms with Crippen molar-refractivity contribution < 1.29 is 23.2 Å². The number of nitro groups is 1. The van der Waals surface area contributed by atoms with E-state index in [2.05, 4.69) is 0 Å². The second-order valence-electron chi connectivity index (χ2n) is 4.04. The third-order valence-electron chi connectivity index (χ3n) is 2.45. The van der Waals surface area contributed by atoms with Crippen molar-refractivity contribution in [3.05, 3.63) is 39.9 Å². The summed E-state index contributed by atoms with van der Waals surface area (Å²) in [5.41, 5.74) is 0.0995. The Balaban J connectivity index is 3.09. The summed E-state index contributed by atoms with van der Waals surface area (Å²) in [4.78, 5) is 20.7. The first-order chi connectivity index (χ1) is 9.95. The van der Waals surface area contributed by atoms with E-state index in [9.17, 15) is 23.3 Å². The molecule has 122 valence electrons. The number of aliphatic carboxylic acids is 1. The van der Waals surface area contributed by atoms with Crippen LogP contribution in [0.25, 0.3) is 0 Å². The molecule has 0 atom stereocenters. The van der Waals surface area contributed by atoms with Crippen molar-refractivity contribution in [2.24, 2.45) is 0 Å². The molecule has 0 aliphatic heterocycles. The molecule has 0 unspecified atom stereocenters. The fourth-order valence-corrected chi connectivity index (χ4v) is 3.22. The van der Waals surface area contributed by atoms with Crippen LogP contribution < -0.4 is 0 Å². The first-order valence-corrected chi connectivity index (χ1v) is 8.04. The number of alkyl halides is 3. The van der Waals surface area contributed by atoms with E-state index in [1.54, 1.807) is 0 Å². The molecule has 0 aliphatic carbocycles. The molecule has 0 saturated heterocycles. The summed E-state index contributed by atoms with van der Waals surface area (Å²) in [5, 5.41) is 19.3. The first kappa shape index (κ1) is 18.9. The minimum Gasteiger partial charge on any atom is -0.480 e. The molecule has 8 nitrogen and oxygen atoms in total. The lowest BCUT2D eigenvalue weighted by Gasteiger charge is -2.24. The maximum atomic E-state index is 12.0. The largest absolute Gasteiger partial charge is 0.480 e. The molecule has 0 radical (unpaired) electrons. The Hall–Kier alpha value is -1.13. The van der Waals surface area contributed by atoms with E-state index in [1.807, 2.05) is 0 Å². The fourth-order valence-electron chi connectivity index (χ4n) is 1.45. The standard InChI is InChI=1S/C10H9Cl3N2O6S/c11-10(12,13)22(20,21)14(6-9(16)17)5-7-1-3-8(4-2-7)15(18)19/h1-4H,5-6H2,(H,16,17). The van der Waals surface area contributed by atoms with Gasteiger partial charge in [-0.15, -0.1) is 0 Å². The maximum Gasteiger partial charge on any atom is 0.318 e. The highest BCUT2D eigenvalue weighted by molar-refractivity contribution is 7.95. The van der Waals surface area contributed by atoms with Crippen LogP contribution in [-0.4, -0.2) is 38.4 Å². The Morgan fingerprint density at radius 2 is 1.77 bits per heavy atom. The Labute approximate surface area is 140 Å². The molecule has 0 aromatic heterocycles. The molecule has 0 spiro atoms. The Bertz CT molecular complexity index is 671. The first-order valence-electron chi connectivity index (χ1n) is 5.46. The van der Waals surface area contributed by atoms with Gasteiger partial charge in [-0.1, -0.05) is 46.9 Å². The van der Waals surface area contributed by atoms with E-state index in [4.69, 9.17) is 39.9 Å². The summed E-state index contributed by atoms with van der Waals surface area (Å²) in [6, 6.07) is 4.86. The van der Waals surface area contributed by atoms with Crippen molar-refractivity contribution in [3.63, 3.8) is 0 Å². The second kappa shape index (κ2) is 6.97. The number of hydrogen-bond donors (Lipinski definition) is 1. The van der Waals surface area contributed by atoms with Crippen molar-refractivity contribution in [1.29, 1.82) is 0 Å². The maximum absolute atomic E-state index is 12.0.